The predicted octanol–water partition coefficient (Wildman–Crippen LogP) is 4.27. The van der Waals surface area contributed by atoms with Gasteiger partial charge in [-0.15, -0.1) is 0 Å². The number of carbonyl (C=O) groups excluding carboxylic acids is 2. The normalized spacial score (nSPS) is 10.9. The summed E-state index contributed by atoms with van der Waals surface area (Å²) in [6, 6.07) is 17.7. The van der Waals surface area contributed by atoms with Crippen molar-refractivity contribution in [3.05, 3.63) is 82.6 Å². The third-order valence-electron chi connectivity index (χ3n) is 4.80. The molecule has 0 aliphatic rings. The number of ether oxygens (including phenoxy) is 2. The largest absolute Gasteiger partial charge is 0.497 e. The Morgan fingerprint density at radius 1 is 1.09 bits per heavy atom. The van der Waals surface area contributed by atoms with Crippen molar-refractivity contribution in [1.29, 1.82) is 5.26 Å². The third-order valence-corrected chi connectivity index (χ3v) is 4.80. The van der Waals surface area contributed by atoms with E-state index in [0.29, 0.717) is 17.1 Å². The van der Waals surface area contributed by atoms with Gasteiger partial charge in [0, 0.05) is 18.2 Å². The van der Waals surface area contributed by atoms with Gasteiger partial charge in [0.25, 0.3) is 5.91 Å². The maximum Gasteiger partial charge on any atom is 0.337 e. The molecule has 7 heteroatoms. The van der Waals surface area contributed by atoms with Crippen molar-refractivity contribution in [1.82, 2.24) is 5.32 Å². The fourth-order valence-electron chi connectivity index (χ4n) is 3.07. The summed E-state index contributed by atoms with van der Waals surface area (Å²) in [5, 5.41) is 12.1. The molecule has 2 aromatic carbocycles. The topological polar surface area (TPSA) is 102 Å². The molecule has 3 rings (SSSR count). The van der Waals surface area contributed by atoms with Gasteiger partial charge in [0.15, 0.2) is 0 Å². The van der Waals surface area contributed by atoms with E-state index in [9.17, 15) is 14.9 Å². The van der Waals surface area contributed by atoms with Crippen LogP contribution in [0.4, 0.5) is 0 Å². The number of furan rings is 1. The van der Waals surface area contributed by atoms with Crippen LogP contribution >= 0.6 is 0 Å². The van der Waals surface area contributed by atoms with E-state index in [-0.39, 0.29) is 12.1 Å². The van der Waals surface area contributed by atoms with E-state index >= 15 is 0 Å². The predicted molar refractivity (Wildman–Crippen MR) is 119 cm³/mol. The highest BCUT2D eigenvalue weighted by Gasteiger charge is 2.13. The van der Waals surface area contributed by atoms with E-state index in [4.69, 9.17) is 13.9 Å². The summed E-state index contributed by atoms with van der Waals surface area (Å²) in [5.41, 5.74) is 2.87. The van der Waals surface area contributed by atoms with Crippen LogP contribution in [0.1, 0.15) is 27.2 Å². The summed E-state index contributed by atoms with van der Waals surface area (Å²) in [6.45, 7) is 2.13. The molecule has 0 radical (unpaired) electrons. The number of methoxy groups -OCH3 is 2. The Morgan fingerprint density at radius 3 is 2.47 bits per heavy atom. The van der Waals surface area contributed by atoms with Gasteiger partial charge in [-0.2, -0.15) is 5.26 Å². The Hall–Kier alpha value is -4.31. The molecule has 0 atom stereocenters. The summed E-state index contributed by atoms with van der Waals surface area (Å²) < 4.78 is 15.7. The Bertz CT molecular complexity index is 1200. The summed E-state index contributed by atoms with van der Waals surface area (Å²) in [4.78, 5) is 24.1. The Morgan fingerprint density at radius 2 is 1.84 bits per heavy atom. The number of nitriles is 1. The first-order chi connectivity index (χ1) is 15.4. The number of benzene rings is 2. The molecule has 1 amide bonds. The van der Waals surface area contributed by atoms with E-state index in [0.717, 1.165) is 22.4 Å². The number of esters is 1. The van der Waals surface area contributed by atoms with Crippen molar-refractivity contribution < 1.29 is 23.5 Å². The highest BCUT2D eigenvalue weighted by atomic mass is 16.5. The van der Waals surface area contributed by atoms with Crippen LogP contribution in [-0.2, 0) is 16.1 Å². The van der Waals surface area contributed by atoms with E-state index in [2.05, 4.69) is 5.32 Å². The maximum absolute atomic E-state index is 12.4. The first kappa shape index (κ1) is 22.4. The van der Waals surface area contributed by atoms with Gasteiger partial charge in [-0.3, -0.25) is 4.79 Å². The van der Waals surface area contributed by atoms with E-state index < -0.39 is 11.9 Å². The zero-order valence-electron chi connectivity index (χ0n) is 18.0. The number of nitrogens with one attached hydrogen (secondary N) is 1. The highest BCUT2D eigenvalue weighted by molar-refractivity contribution is 6.01. The van der Waals surface area contributed by atoms with Crippen molar-refractivity contribution >= 4 is 18.0 Å². The molecule has 1 aromatic heterocycles. The average molecular weight is 430 g/mol. The second-order valence-corrected chi connectivity index (χ2v) is 6.92. The molecular formula is C25H22N2O5. The van der Waals surface area contributed by atoms with Gasteiger partial charge in [-0.25, -0.2) is 4.79 Å². The second-order valence-electron chi connectivity index (χ2n) is 6.92. The molecule has 0 fully saturated rings. The minimum atomic E-state index is -0.500. The van der Waals surface area contributed by atoms with E-state index in [1.165, 1.54) is 13.2 Å². The number of carbonyl (C=O) groups is 2. The molecule has 0 aliphatic heterocycles. The molecule has 32 heavy (non-hydrogen) atoms. The second kappa shape index (κ2) is 10.1. The number of hydrogen-bond acceptors (Lipinski definition) is 6. The first-order valence-corrected chi connectivity index (χ1v) is 9.77. The van der Waals surface area contributed by atoms with Crippen LogP contribution in [0.25, 0.3) is 17.4 Å². The van der Waals surface area contributed by atoms with Crippen molar-refractivity contribution in [2.75, 3.05) is 14.2 Å². The minimum absolute atomic E-state index is 0.0721. The van der Waals surface area contributed by atoms with Gasteiger partial charge in [0.05, 0.1) is 19.8 Å². The zero-order chi connectivity index (χ0) is 23.1. The molecular weight excluding hydrogens is 408 g/mol. The summed E-state index contributed by atoms with van der Waals surface area (Å²) in [6.07, 6.45) is 1.39. The molecule has 1 N–H and O–H groups in total. The van der Waals surface area contributed by atoms with Crippen LogP contribution < -0.4 is 10.1 Å². The standard InChI is InChI=1S/C25H22N2O5/c1-16-12-18(25(29)31-3)6-10-22(16)23-11-9-21(32-23)13-19(14-26)24(28)27-15-17-4-7-20(30-2)8-5-17/h4-13H,15H2,1-3H3,(H,27,28)/b19-13-. The van der Waals surface area contributed by atoms with Crippen LogP contribution in [-0.4, -0.2) is 26.1 Å². The van der Waals surface area contributed by atoms with Gasteiger partial charge in [-0.05, 0) is 54.4 Å². The molecule has 0 aliphatic carbocycles. The summed E-state index contributed by atoms with van der Waals surface area (Å²) in [7, 11) is 2.91. The van der Waals surface area contributed by atoms with Gasteiger partial charge in [0.2, 0.25) is 0 Å². The van der Waals surface area contributed by atoms with Crippen LogP contribution in [0.2, 0.25) is 0 Å². The van der Waals surface area contributed by atoms with Gasteiger partial charge >= 0.3 is 5.97 Å². The van der Waals surface area contributed by atoms with Crippen LogP contribution in [0.5, 0.6) is 5.75 Å². The molecule has 162 valence electrons. The van der Waals surface area contributed by atoms with Gasteiger partial charge < -0.3 is 19.2 Å². The Kier molecular flexibility index (Phi) is 7.09. The SMILES string of the molecule is COC(=O)c1ccc(-c2ccc(/C=C(/C#N)C(=O)NCc3ccc(OC)cc3)o2)c(C)c1. The molecule has 0 spiro atoms. The fourth-order valence-corrected chi connectivity index (χ4v) is 3.07. The lowest BCUT2D eigenvalue weighted by molar-refractivity contribution is -0.117. The number of rotatable bonds is 7. The molecule has 1 heterocycles. The van der Waals surface area contributed by atoms with Gasteiger partial charge in [-0.1, -0.05) is 18.2 Å². The minimum Gasteiger partial charge on any atom is -0.497 e. The molecule has 0 bridgehead atoms. The van der Waals surface area contributed by atoms with Crippen LogP contribution in [0.15, 0.2) is 64.6 Å². The number of aryl methyl sites for hydroxylation is 1. The first-order valence-electron chi connectivity index (χ1n) is 9.77. The fraction of sp³-hybridized carbons (Fsp3) is 0.160. The molecule has 0 unspecified atom stereocenters. The van der Waals surface area contributed by atoms with E-state index in [1.807, 2.05) is 25.1 Å². The molecule has 7 nitrogen and oxygen atoms in total. The molecule has 0 saturated carbocycles. The Balaban J connectivity index is 1.72. The lowest BCUT2D eigenvalue weighted by Crippen LogP contribution is -2.23. The number of amides is 1. The van der Waals surface area contributed by atoms with Crippen LogP contribution in [0.3, 0.4) is 0 Å². The molecule has 3 aromatic rings. The third kappa shape index (κ3) is 5.24. The highest BCUT2D eigenvalue weighted by Crippen LogP contribution is 2.27. The average Bonchev–Trinajstić information content (AvgIpc) is 3.28. The maximum atomic E-state index is 12.4. The monoisotopic (exact) mass is 430 g/mol. The quantitative estimate of drug-likeness (QED) is 0.341. The zero-order valence-corrected chi connectivity index (χ0v) is 18.0. The van der Waals surface area contributed by atoms with Crippen LogP contribution in [0, 0.1) is 18.3 Å². The van der Waals surface area contributed by atoms with Crippen molar-refractivity contribution in [2.24, 2.45) is 0 Å². The number of hydrogen-bond donors (Lipinski definition) is 1. The Labute approximate surface area is 185 Å². The lowest BCUT2D eigenvalue weighted by atomic mass is 10.0. The van der Waals surface area contributed by atoms with E-state index in [1.54, 1.807) is 49.6 Å². The van der Waals surface area contributed by atoms with Gasteiger partial charge in [0.1, 0.15) is 28.9 Å². The number of nitrogens with zero attached hydrogens (tertiary/aromatic N) is 1. The summed E-state index contributed by atoms with van der Waals surface area (Å²) in [5.74, 6) is 0.733. The van der Waals surface area contributed by atoms with Crippen molar-refractivity contribution in [2.45, 2.75) is 13.5 Å². The van der Waals surface area contributed by atoms with Crippen molar-refractivity contribution in [3.8, 4) is 23.1 Å². The smallest absolute Gasteiger partial charge is 0.337 e. The van der Waals surface area contributed by atoms with Crippen molar-refractivity contribution in [3.63, 3.8) is 0 Å². The lowest BCUT2D eigenvalue weighted by Gasteiger charge is -2.06. The molecule has 0 saturated heterocycles. The summed E-state index contributed by atoms with van der Waals surface area (Å²) >= 11 is 0.